The second-order valence-electron chi connectivity index (χ2n) is 3.48. The molecule has 4 nitrogen and oxygen atoms in total. The van der Waals surface area contributed by atoms with E-state index in [0.717, 1.165) is 31.8 Å². The normalized spacial score (nSPS) is 12.7. The van der Waals surface area contributed by atoms with Crippen molar-refractivity contribution in [3.05, 3.63) is 24.8 Å². The van der Waals surface area contributed by atoms with Crippen LogP contribution in [-0.4, -0.2) is 27.4 Å². The van der Waals surface area contributed by atoms with Crippen LogP contribution in [0.15, 0.2) is 19.0 Å². The molecule has 0 aliphatic rings. The van der Waals surface area contributed by atoms with Gasteiger partial charge in [0, 0.05) is 19.0 Å². The zero-order valence-electron chi connectivity index (χ0n) is 9.61. The summed E-state index contributed by atoms with van der Waals surface area (Å²) >= 11 is 0. The molecule has 1 aromatic rings. The molecule has 0 aliphatic carbocycles. The van der Waals surface area contributed by atoms with E-state index in [4.69, 9.17) is 0 Å². The number of aryl methyl sites for hydroxylation is 1. The lowest BCUT2D eigenvalue weighted by Gasteiger charge is -2.15. The second kappa shape index (κ2) is 6.35. The van der Waals surface area contributed by atoms with E-state index in [-0.39, 0.29) is 0 Å². The van der Waals surface area contributed by atoms with Crippen LogP contribution < -0.4 is 5.32 Å². The quantitative estimate of drug-likeness (QED) is 0.689. The van der Waals surface area contributed by atoms with Crippen LogP contribution in [0.3, 0.4) is 0 Å². The van der Waals surface area contributed by atoms with Crippen molar-refractivity contribution in [2.45, 2.75) is 39.3 Å². The highest BCUT2D eigenvalue weighted by molar-refractivity contribution is 4.92. The minimum atomic E-state index is 0.419. The Morgan fingerprint density at radius 2 is 2.40 bits per heavy atom. The van der Waals surface area contributed by atoms with Gasteiger partial charge in [-0.2, -0.15) is 5.10 Å². The average molecular weight is 208 g/mol. The van der Waals surface area contributed by atoms with Crippen molar-refractivity contribution < 1.29 is 0 Å². The third-order valence-corrected chi connectivity index (χ3v) is 2.37. The SMILES string of the molecule is C=CCC(Cc1ncnn1CC)NCC. The van der Waals surface area contributed by atoms with Crippen molar-refractivity contribution in [2.24, 2.45) is 0 Å². The molecule has 4 heteroatoms. The highest BCUT2D eigenvalue weighted by Crippen LogP contribution is 2.03. The van der Waals surface area contributed by atoms with Crippen LogP contribution in [0, 0.1) is 0 Å². The molecule has 1 heterocycles. The maximum Gasteiger partial charge on any atom is 0.138 e. The van der Waals surface area contributed by atoms with Gasteiger partial charge in [0.25, 0.3) is 0 Å². The standard InChI is InChI=1S/C11H20N4/c1-4-7-10(12-5-2)8-11-13-9-14-15(11)6-3/h4,9-10,12H,1,5-8H2,2-3H3. The maximum atomic E-state index is 4.27. The van der Waals surface area contributed by atoms with E-state index < -0.39 is 0 Å². The van der Waals surface area contributed by atoms with Crippen molar-refractivity contribution in [1.82, 2.24) is 20.1 Å². The first kappa shape index (κ1) is 11.9. The summed E-state index contributed by atoms with van der Waals surface area (Å²) in [6.07, 6.45) is 5.44. The van der Waals surface area contributed by atoms with Crippen LogP contribution in [0.25, 0.3) is 0 Å². The van der Waals surface area contributed by atoms with Crippen LogP contribution in [0.5, 0.6) is 0 Å². The number of hydrogen-bond acceptors (Lipinski definition) is 3. The summed E-state index contributed by atoms with van der Waals surface area (Å²) in [6.45, 7) is 9.81. The molecule has 1 atom stereocenters. The van der Waals surface area contributed by atoms with E-state index in [0.29, 0.717) is 6.04 Å². The van der Waals surface area contributed by atoms with E-state index in [1.807, 2.05) is 10.8 Å². The summed E-state index contributed by atoms with van der Waals surface area (Å²) in [6, 6.07) is 0.419. The van der Waals surface area contributed by atoms with E-state index in [2.05, 4.69) is 35.8 Å². The first-order valence-corrected chi connectivity index (χ1v) is 5.52. The molecule has 0 aliphatic heterocycles. The molecule has 84 valence electrons. The molecule has 0 bridgehead atoms. The Bertz CT molecular complexity index is 293. The molecule has 0 saturated carbocycles. The molecule has 1 unspecified atom stereocenters. The van der Waals surface area contributed by atoms with Gasteiger partial charge in [0.2, 0.25) is 0 Å². The van der Waals surface area contributed by atoms with Crippen molar-refractivity contribution >= 4 is 0 Å². The number of hydrogen-bond donors (Lipinski definition) is 1. The van der Waals surface area contributed by atoms with Gasteiger partial charge in [0.15, 0.2) is 0 Å². The topological polar surface area (TPSA) is 42.7 Å². The Kier molecular flexibility index (Phi) is 5.04. The Hall–Kier alpha value is -1.16. The van der Waals surface area contributed by atoms with Gasteiger partial charge in [-0.15, -0.1) is 6.58 Å². The summed E-state index contributed by atoms with van der Waals surface area (Å²) in [5.74, 6) is 1.05. The molecule has 0 spiro atoms. The fourth-order valence-electron chi connectivity index (χ4n) is 1.66. The first-order chi connectivity index (χ1) is 7.31. The highest BCUT2D eigenvalue weighted by atomic mass is 15.3. The number of rotatable bonds is 7. The van der Waals surface area contributed by atoms with Gasteiger partial charge in [-0.25, -0.2) is 4.98 Å². The largest absolute Gasteiger partial charge is 0.313 e. The zero-order valence-corrected chi connectivity index (χ0v) is 9.61. The van der Waals surface area contributed by atoms with Gasteiger partial charge in [-0.05, 0) is 19.9 Å². The van der Waals surface area contributed by atoms with Gasteiger partial charge < -0.3 is 5.32 Å². The Labute approximate surface area is 91.4 Å². The molecule has 1 rings (SSSR count). The van der Waals surface area contributed by atoms with Crippen LogP contribution in [0.4, 0.5) is 0 Å². The Morgan fingerprint density at radius 3 is 3.00 bits per heavy atom. The van der Waals surface area contributed by atoms with Gasteiger partial charge >= 0.3 is 0 Å². The third-order valence-electron chi connectivity index (χ3n) is 2.37. The summed E-state index contributed by atoms with van der Waals surface area (Å²) in [5, 5.41) is 7.58. The minimum absolute atomic E-state index is 0.419. The molecule has 1 N–H and O–H groups in total. The van der Waals surface area contributed by atoms with Crippen LogP contribution in [0.2, 0.25) is 0 Å². The maximum absolute atomic E-state index is 4.27. The van der Waals surface area contributed by atoms with Gasteiger partial charge in [0.05, 0.1) is 0 Å². The Balaban J connectivity index is 2.60. The lowest BCUT2D eigenvalue weighted by Crippen LogP contribution is -2.31. The summed E-state index contributed by atoms with van der Waals surface area (Å²) in [4.78, 5) is 4.27. The molecule has 15 heavy (non-hydrogen) atoms. The van der Waals surface area contributed by atoms with E-state index in [9.17, 15) is 0 Å². The van der Waals surface area contributed by atoms with Crippen LogP contribution >= 0.6 is 0 Å². The predicted molar refractivity (Wildman–Crippen MR) is 61.7 cm³/mol. The van der Waals surface area contributed by atoms with E-state index in [1.165, 1.54) is 0 Å². The van der Waals surface area contributed by atoms with Crippen molar-refractivity contribution in [3.8, 4) is 0 Å². The van der Waals surface area contributed by atoms with Gasteiger partial charge in [-0.3, -0.25) is 4.68 Å². The molecule has 0 aromatic carbocycles. The predicted octanol–water partition coefficient (Wildman–Crippen LogP) is 1.39. The molecule has 0 fully saturated rings. The van der Waals surface area contributed by atoms with E-state index >= 15 is 0 Å². The summed E-state index contributed by atoms with van der Waals surface area (Å²) in [5.41, 5.74) is 0. The Morgan fingerprint density at radius 1 is 1.60 bits per heavy atom. The molecular formula is C11H20N4. The van der Waals surface area contributed by atoms with Crippen molar-refractivity contribution in [3.63, 3.8) is 0 Å². The lowest BCUT2D eigenvalue weighted by atomic mass is 10.1. The van der Waals surface area contributed by atoms with Crippen molar-refractivity contribution in [1.29, 1.82) is 0 Å². The fraction of sp³-hybridized carbons (Fsp3) is 0.636. The number of aromatic nitrogens is 3. The third kappa shape index (κ3) is 3.47. The van der Waals surface area contributed by atoms with E-state index in [1.54, 1.807) is 6.33 Å². The second-order valence-corrected chi connectivity index (χ2v) is 3.48. The number of nitrogens with zero attached hydrogens (tertiary/aromatic N) is 3. The van der Waals surface area contributed by atoms with Gasteiger partial charge in [-0.1, -0.05) is 13.0 Å². The molecule has 0 radical (unpaired) electrons. The lowest BCUT2D eigenvalue weighted by molar-refractivity contribution is 0.496. The van der Waals surface area contributed by atoms with Gasteiger partial charge in [0.1, 0.15) is 12.2 Å². The number of nitrogens with one attached hydrogen (secondary N) is 1. The van der Waals surface area contributed by atoms with Crippen LogP contribution in [0.1, 0.15) is 26.1 Å². The number of likely N-dealkylation sites (N-methyl/N-ethyl adjacent to an activating group) is 1. The van der Waals surface area contributed by atoms with Crippen LogP contribution in [-0.2, 0) is 13.0 Å². The highest BCUT2D eigenvalue weighted by Gasteiger charge is 2.10. The molecule has 0 saturated heterocycles. The fourth-order valence-corrected chi connectivity index (χ4v) is 1.66. The monoisotopic (exact) mass is 208 g/mol. The summed E-state index contributed by atoms with van der Waals surface area (Å²) in [7, 11) is 0. The molecular weight excluding hydrogens is 188 g/mol. The molecule has 0 amide bonds. The average Bonchev–Trinajstić information content (AvgIpc) is 2.66. The first-order valence-electron chi connectivity index (χ1n) is 5.52. The van der Waals surface area contributed by atoms with Crippen molar-refractivity contribution in [2.75, 3.05) is 6.54 Å². The molecule has 1 aromatic heterocycles. The zero-order chi connectivity index (χ0) is 11.1. The minimum Gasteiger partial charge on any atom is -0.313 e. The summed E-state index contributed by atoms with van der Waals surface area (Å²) < 4.78 is 1.94. The smallest absolute Gasteiger partial charge is 0.138 e.